The Kier molecular flexibility index (Phi) is 8.80. The van der Waals surface area contributed by atoms with Crippen LogP contribution in [0.15, 0.2) is 48.5 Å². The molecular weight excluding hydrogens is 475 g/mol. The molecule has 4 amide bonds. The number of hydrogen-bond acceptors (Lipinski definition) is 3. The first-order chi connectivity index (χ1) is 16.2. The van der Waals surface area contributed by atoms with Crippen LogP contribution in [0.4, 0.5) is 4.79 Å². The maximum atomic E-state index is 13.5. The predicted molar refractivity (Wildman–Crippen MR) is 134 cm³/mol. The molecule has 0 saturated carbocycles. The maximum Gasteiger partial charge on any atom is 0.317 e. The van der Waals surface area contributed by atoms with Crippen molar-refractivity contribution in [3.63, 3.8) is 0 Å². The molecule has 0 radical (unpaired) electrons. The van der Waals surface area contributed by atoms with Gasteiger partial charge in [0.1, 0.15) is 6.04 Å². The van der Waals surface area contributed by atoms with Crippen LogP contribution in [-0.2, 0) is 11.2 Å². The molecule has 2 unspecified atom stereocenters. The highest BCUT2D eigenvalue weighted by Gasteiger charge is 2.34. The van der Waals surface area contributed by atoms with Crippen molar-refractivity contribution in [2.45, 2.75) is 45.3 Å². The summed E-state index contributed by atoms with van der Waals surface area (Å²) < 4.78 is 0. The van der Waals surface area contributed by atoms with Gasteiger partial charge in [0.2, 0.25) is 5.91 Å². The van der Waals surface area contributed by atoms with Crippen molar-refractivity contribution in [1.82, 2.24) is 20.4 Å². The fourth-order valence-electron chi connectivity index (χ4n) is 3.97. The Hall–Kier alpha value is -2.77. The molecule has 0 aromatic heterocycles. The average molecular weight is 505 g/mol. The molecule has 2 N–H and O–H groups in total. The summed E-state index contributed by atoms with van der Waals surface area (Å²) in [5.41, 5.74) is 1.17. The normalized spacial score (nSPS) is 16.8. The summed E-state index contributed by atoms with van der Waals surface area (Å²) in [6.45, 7) is 6.92. The molecule has 3 rings (SSSR count). The van der Waals surface area contributed by atoms with E-state index in [1.807, 2.05) is 51.1 Å². The first-order valence-electron chi connectivity index (χ1n) is 11.3. The van der Waals surface area contributed by atoms with Crippen LogP contribution in [0, 0.1) is 0 Å². The summed E-state index contributed by atoms with van der Waals surface area (Å²) in [6.07, 6.45) is 0.332. The van der Waals surface area contributed by atoms with E-state index in [0.29, 0.717) is 31.1 Å². The highest BCUT2D eigenvalue weighted by Crippen LogP contribution is 2.21. The molecule has 0 bridgehead atoms. The van der Waals surface area contributed by atoms with E-state index in [4.69, 9.17) is 23.2 Å². The lowest BCUT2D eigenvalue weighted by atomic mass is 10.0. The van der Waals surface area contributed by atoms with Gasteiger partial charge in [0.05, 0.1) is 10.6 Å². The molecule has 2 aromatic rings. The number of urea groups is 1. The van der Waals surface area contributed by atoms with E-state index >= 15 is 0 Å². The van der Waals surface area contributed by atoms with E-state index in [-0.39, 0.29) is 34.6 Å². The van der Waals surface area contributed by atoms with Crippen LogP contribution < -0.4 is 10.6 Å². The lowest BCUT2D eigenvalue weighted by Crippen LogP contribution is -2.61. The smallest absolute Gasteiger partial charge is 0.317 e. The van der Waals surface area contributed by atoms with Crippen molar-refractivity contribution in [2.75, 3.05) is 19.6 Å². The number of amides is 4. The van der Waals surface area contributed by atoms with Crippen LogP contribution in [0.3, 0.4) is 0 Å². The van der Waals surface area contributed by atoms with E-state index in [2.05, 4.69) is 10.6 Å². The van der Waals surface area contributed by atoms with Gasteiger partial charge in [-0.1, -0.05) is 53.5 Å². The van der Waals surface area contributed by atoms with Crippen molar-refractivity contribution < 1.29 is 14.4 Å². The summed E-state index contributed by atoms with van der Waals surface area (Å²) in [4.78, 5) is 42.5. The summed E-state index contributed by atoms with van der Waals surface area (Å²) in [5.74, 6) is -0.642. The molecule has 2 aromatic carbocycles. The third-order valence-electron chi connectivity index (χ3n) is 5.67. The van der Waals surface area contributed by atoms with Crippen LogP contribution in [0.25, 0.3) is 0 Å². The van der Waals surface area contributed by atoms with Gasteiger partial charge in [0.25, 0.3) is 5.91 Å². The molecule has 1 saturated heterocycles. The van der Waals surface area contributed by atoms with Gasteiger partial charge in [-0.15, -0.1) is 0 Å². The van der Waals surface area contributed by atoms with Crippen LogP contribution >= 0.6 is 23.2 Å². The standard InChI is InChI=1S/C25H30Cl2N4O3/c1-16(2)28-25(34)31-12-11-30(15-17(31)3)24(33)22(13-18-7-5-4-6-8-18)29-23(32)20-10-9-19(26)14-21(20)27/h4-10,14,16-17,22H,11-13,15H2,1-3H3,(H,28,34)(H,29,32). The number of nitrogens with zero attached hydrogens (tertiary/aromatic N) is 2. The van der Waals surface area contributed by atoms with Gasteiger partial charge < -0.3 is 20.4 Å². The first-order valence-corrected chi connectivity index (χ1v) is 12.1. The third-order valence-corrected chi connectivity index (χ3v) is 6.22. The molecule has 34 heavy (non-hydrogen) atoms. The number of carbonyl (C=O) groups excluding carboxylic acids is 3. The van der Waals surface area contributed by atoms with E-state index in [9.17, 15) is 14.4 Å². The second-order valence-electron chi connectivity index (χ2n) is 8.77. The Morgan fingerprint density at radius 1 is 1.03 bits per heavy atom. The fourth-order valence-corrected chi connectivity index (χ4v) is 4.46. The van der Waals surface area contributed by atoms with E-state index in [1.54, 1.807) is 15.9 Å². The Morgan fingerprint density at radius 2 is 1.74 bits per heavy atom. The first kappa shape index (κ1) is 25.8. The van der Waals surface area contributed by atoms with Gasteiger partial charge in [0.15, 0.2) is 0 Å². The summed E-state index contributed by atoms with van der Waals surface area (Å²) in [6, 6.07) is 13.1. The minimum atomic E-state index is -0.787. The van der Waals surface area contributed by atoms with Crippen LogP contribution in [-0.4, -0.2) is 65.4 Å². The molecule has 0 spiro atoms. The van der Waals surface area contributed by atoms with Crippen molar-refractivity contribution >= 4 is 41.0 Å². The number of halogens is 2. The van der Waals surface area contributed by atoms with Gasteiger partial charge in [-0.25, -0.2) is 4.79 Å². The number of hydrogen-bond donors (Lipinski definition) is 2. The Labute approximate surface area is 210 Å². The summed E-state index contributed by atoms with van der Waals surface area (Å²) in [5, 5.41) is 6.40. The zero-order chi connectivity index (χ0) is 24.8. The Morgan fingerprint density at radius 3 is 2.35 bits per heavy atom. The highest BCUT2D eigenvalue weighted by molar-refractivity contribution is 6.36. The molecule has 1 aliphatic heterocycles. The van der Waals surface area contributed by atoms with E-state index in [0.717, 1.165) is 5.56 Å². The van der Waals surface area contributed by atoms with E-state index in [1.165, 1.54) is 12.1 Å². The Bertz CT molecular complexity index is 1030. The van der Waals surface area contributed by atoms with Gasteiger partial charge in [-0.2, -0.15) is 0 Å². The molecule has 0 aliphatic carbocycles. The SMILES string of the molecule is CC(C)NC(=O)N1CCN(C(=O)C(Cc2ccccc2)NC(=O)c2ccc(Cl)cc2Cl)CC1C. The molecule has 9 heteroatoms. The number of piperazine rings is 1. The van der Waals surface area contributed by atoms with Gasteiger partial charge in [-0.05, 0) is 44.5 Å². The largest absolute Gasteiger partial charge is 0.340 e. The lowest BCUT2D eigenvalue weighted by molar-refractivity contribution is -0.135. The van der Waals surface area contributed by atoms with Gasteiger partial charge in [0, 0.05) is 43.2 Å². The monoisotopic (exact) mass is 504 g/mol. The molecule has 7 nitrogen and oxygen atoms in total. The zero-order valence-electron chi connectivity index (χ0n) is 19.6. The average Bonchev–Trinajstić information content (AvgIpc) is 2.78. The molecule has 182 valence electrons. The van der Waals surface area contributed by atoms with Crippen molar-refractivity contribution in [3.8, 4) is 0 Å². The summed E-state index contributed by atoms with van der Waals surface area (Å²) in [7, 11) is 0. The topological polar surface area (TPSA) is 81.8 Å². The van der Waals surface area contributed by atoms with Crippen molar-refractivity contribution in [3.05, 3.63) is 69.7 Å². The third kappa shape index (κ3) is 6.64. The number of rotatable bonds is 6. The minimum absolute atomic E-state index is 0.0320. The summed E-state index contributed by atoms with van der Waals surface area (Å²) >= 11 is 12.2. The number of benzene rings is 2. The molecular formula is C25H30Cl2N4O3. The number of carbonyl (C=O) groups is 3. The molecule has 1 heterocycles. The predicted octanol–water partition coefficient (Wildman–Crippen LogP) is 3.99. The van der Waals surface area contributed by atoms with Crippen LogP contribution in [0.2, 0.25) is 10.0 Å². The highest BCUT2D eigenvalue weighted by atomic mass is 35.5. The van der Waals surface area contributed by atoms with Gasteiger partial charge in [-0.3, -0.25) is 9.59 Å². The van der Waals surface area contributed by atoms with Crippen LogP contribution in [0.5, 0.6) is 0 Å². The van der Waals surface area contributed by atoms with Crippen molar-refractivity contribution in [1.29, 1.82) is 0 Å². The second kappa shape index (κ2) is 11.6. The van der Waals surface area contributed by atoms with Crippen molar-refractivity contribution in [2.24, 2.45) is 0 Å². The van der Waals surface area contributed by atoms with Gasteiger partial charge >= 0.3 is 6.03 Å². The molecule has 1 aliphatic rings. The zero-order valence-corrected chi connectivity index (χ0v) is 21.1. The molecule has 1 fully saturated rings. The minimum Gasteiger partial charge on any atom is -0.340 e. The maximum absolute atomic E-state index is 13.5. The fraction of sp³-hybridized carbons (Fsp3) is 0.400. The second-order valence-corrected chi connectivity index (χ2v) is 9.61. The lowest BCUT2D eigenvalue weighted by Gasteiger charge is -2.41. The van der Waals surface area contributed by atoms with E-state index < -0.39 is 11.9 Å². The van der Waals surface area contributed by atoms with Crippen LogP contribution in [0.1, 0.15) is 36.7 Å². The molecule has 2 atom stereocenters. The quantitative estimate of drug-likeness (QED) is 0.623. The Balaban J connectivity index is 1.76. The number of nitrogens with one attached hydrogen (secondary N) is 2.